The summed E-state index contributed by atoms with van der Waals surface area (Å²) in [6.07, 6.45) is 12.3. The van der Waals surface area contributed by atoms with Gasteiger partial charge in [0.15, 0.2) is 5.78 Å². The molecular formula is C46H61N5O8S2. The summed E-state index contributed by atoms with van der Waals surface area (Å²) in [6, 6.07) is 5.45. The number of nitrogens with one attached hydrogen (secondary N) is 1. The van der Waals surface area contributed by atoms with Gasteiger partial charge < -0.3 is 14.4 Å². The van der Waals surface area contributed by atoms with Crippen molar-refractivity contribution in [3.63, 3.8) is 0 Å². The molecule has 3 aromatic rings. The molecule has 3 fully saturated rings. The van der Waals surface area contributed by atoms with Gasteiger partial charge in [-0.3, -0.25) is 28.5 Å². The van der Waals surface area contributed by atoms with Gasteiger partial charge in [0.2, 0.25) is 21.8 Å². The molecule has 1 saturated heterocycles. The van der Waals surface area contributed by atoms with Gasteiger partial charge >= 0.3 is 5.97 Å². The van der Waals surface area contributed by atoms with E-state index in [1.807, 2.05) is 34.9 Å². The van der Waals surface area contributed by atoms with E-state index in [1.165, 1.54) is 10.6 Å². The Hall–Kier alpha value is -4.11. The highest BCUT2D eigenvalue weighted by atomic mass is 32.2. The number of aromatic nitrogens is 3. The summed E-state index contributed by atoms with van der Waals surface area (Å²) in [5, 5.41) is 0.932. The van der Waals surface area contributed by atoms with Crippen LogP contribution in [0, 0.1) is 17.3 Å². The lowest BCUT2D eigenvalue weighted by molar-refractivity contribution is -0.159. The van der Waals surface area contributed by atoms with Crippen LogP contribution in [0.15, 0.2) is 30.4 Å². The zero-order valence-corrected chi connectivity index (χ0v) is 38.1. The number of fused-ring (bicyclic) bond motifs is 4. The fourth-order valence-corrected chi connectivity index (χ4v) is 12.0. The summed E-state index contributed by atoms with van der Waals surface area (Å²) >= 11 is 1.73. The standard InChI is InChI=1S/C46H61N5O8S2/c1-28(2)51-34-19-14-17-32(40-47-33-18-12-13-20-37(33)60-40)39(34)48-43(51)58-31-24-35-36(52)26-46(42(55)49-61(56,57)45(6)21-22-45)25-30(46)16-11-9-7-8-10-15-29(41(54)50(35)27-31)23-38(53)59-44(3,4)5/h11,14,16-17,19,28-31,35H,7-10,12-13,15,18,20-27H2,1-6H3,(H,49,55)/b16-11-/t29-,30-,31-,35+,46-/m1/s1. The number of amides is 2. The molecule has 15 heteroatoms. The van der Waals surface area contributed by atoms with Crippen molar-refractivity contribution >= 4 is 56.0 Å². The highest BCUT2D eigenvalue weighted by Gasteiger charge is 2.62. The van der Waals surface area contributed by atoms with Crippen LogP contribution in [0.3, 0.4) is 0 Å². The van der Waals surface area contributed by atoms with Gasteiger partial charge in [0.1, 0.15) is 22.2 Å². The van der Waals surface area contributed by atoms with Gasteiger partial charge in [-0.25, -0.2) is 13.4 Å². The van der Waals surface area contributed by atoms with Crippen molar-refractivity contribution in [3.05, 3.63) is 40.9 Å². The first-order valence-electron chi connectivity index (χ1n) is 22.3. The number of hydrogen-bond donors (Lipinski definition) is 1. The molecule has 2 amide bonds. The van der Waals surface area contributed by atoms with Crippen LogP contribution in [0.1, 0.15) is 142 Å². The average Bonchev–Trinajstić information content (AvgIpc) is 3.89. The molecule has 0 unspecified atom stereocenters. The number of rotatable bonds is 9. The molecule has 1 aromatic carbocycles. The number of allylic oxidation sites excluding steroid dienone is 2. The molecule has 5 atom stereocenters. The monoisotopic (exact) mass is 875 g/mol. The maximum Gasteiger partial charge on any atom is 0.307 e. The van der Waals surface area contributed by atoms with Crippen LogP contribution in [0.4, 0.5) is 0 Å². The lowest BCUT2D eigenvalue weighted by Crippen LogP contribution is -2.47. The summed E-state index contributed by atoms with van der Waals surface area (Å²) in [5.74, 6) is -2.85. The quantitative estimate of drug-likeness (QED) is 0.166. The number of esters is 1. The number of hydrogen-bond acceptors (Lipinski definition) is 11. The normalized spacial score (nSPS) is 27.4. The van der Waals surface area contributed by atoms with Crippen LogP contribution in [0.25, 0.3) is 21.6 Å². The number of aryl methyl sites for hydroxylation is 2. The highest BCUT2D eigenvalue weighted by Crippen LogP contribution is 2.58. The van der Waals surface area contributed by atoms with Crippen LogP contribution in [0.2, 0.25) is 0 Å². The summed E-state index contributed by atoms with van der Waals surface area (Å²) in [4.78, 5) is 70.0. The van der Waals surface area contributed by atoms with Crippen molar-refractivity contribution in [2.24, 2.45) is 17.3 Å². The van der Waals surface area contributed by atoms with E-state index in [4.69, 9.17) is 19.4 Å². The number of sulfonamides is 1. The second-order valence-corrected chi connectivity index (χ2v) is 22.9. The Labute approximate surface area is 363 Å². The van der Waals surface area contributed by atoms with Crippen LogP contribution in [-0.2, 0) is 46.8 Å². The third-order valence-electron chi connectivity index (χ3n) is 13.3. The molecule has 330 valence electrons. The lowest BCUT2D eigenvalue weighted by Gasteiger charge is -2.29. The first-order chi connectivity index (χ1) is 28.9. The molecule has 5 aliphatic rings. The maximum atomic E-state index is 14.8. The van der Waals surface area contributed by atoms with E-state index in [2.05, 4.69) is 18.6 Å². The Kier molecular flexibility index (Phi) is 11.8. The Morgan fingerprint density at radius 1 is 1.05 bits per heavy atom. The van der Waals surface area contributed by atoms with Gasteiger partial charge in [-0.2, -0.15) is 4.98 Å². The summed E-state index contributed by atoms with van der Waals surface area (Å²) < 4.78 is 42.5. The van der Waals surface area contributed by atoms with Crippen LogP contribution in [0.5, 0.6) is 6.01 Å². The number of ketones is 1. The molecule has 1 N–H and O–H groups in total. The lowest BCUT2D eigenvalue weighted by atomic mass is 9.90. The van der Waals surface area contributed by atoms with Crippen LogP contribution in [-0.4, -0.2) is 80.5 Å². The first kappa shape index (κ1) is 43.5. The molecule has 2 aliphatic heterocycles. The fraction of sp³-hybridized carbons (Fsp3) is 0.652. The molecule has 4 heterocycles. The molecule has 61 heavy (non-hydrogen) atoms. The zero-order chi connectivity index (χ0) is 43.5. The van der Waals surface area contributed by atoms with Gasteiger partial charge in [-0.1, -0.05) is 31.1 Å². The van der Waals surface area contributed by atoms with Crippen molar-refractivity contribution in [2.45, 2.75) is 166 Å². The Balaban J connectivity index is 1.12. The Morgan fingerprint density at radius 2 is 1.82 bits per heavy atom. The summed E-state index contributed by atoms with van der Waals surface area (Å²) in [6.45, 7) is 11.2. The van der Waals surface area contributed by atoms with Gasteiger partial charge in [-0.15, -0.1) is 11.3 Å². The molecule has 2 saturated carbocycles. The molecule has 0 radical (unpaired) electrons. The predicted octanol–water partition coefficient (Wildman–Crippen LogP) is 7.80. The van der Waals surface area contributed by atoms with Crippen molar-refractivity contribution < 1.29 is 37.1 Å². The van der Waals surface area contributed by atoms with Gasteiger partial charge in [0.05, 0.1) is 40.4 Å². The Morgan fingerprint density at radius 3 is 2.54 bits per heavy atom. The first-order valence-corrected chi connectivity index (χ1v) is 24.6. The number of ether oxygens (including phenoxy) is 2. The number of benzene rings is 1. The SMILES string of the molecule is CC(C)n1c(O[C@@H]2C[C@H]3C(=O)C[C@]4(C(=O)NS(=O)(=O)C5(C)CC5)C[C@H]4/C=C\CCCCC[C@H](CC(=O)OC(C)(C)C)C(=O)N3C2)nc2c(-c3nc4c(s3)CCCC4)cccc21. The minimum atomic E-state index is -3.95. The van der Waals surface area contributed by atoms with Gasteiger partial charge in [0, 0.05) is 35.2 Å². The smallest absolute Gasteiger partial charge is 0.307 e. The van der Waals surface area contributed by atoms with E-state index in [0.717, 1.165) is 66.6 Å². The van der Waals surface area contributed by atoms with E-state index in [1.54, 1.807) is 43.9 Å². The fourth-order valence-electron chi connectivity index (χ4n) is 9.47. The predicted molar refractivity (Wildman–Crippen MR) is 233 cm³/mol. The summed E-state index contributed by atoms with van der Waals surface area (Å²) in [5.41, 5.74) is 1.77. The number of para-hydroxylation sites is 1. The minimum Gasteiger partial charge on any atom is -0.460 e. The average molecular weight is 876 g/mol. The van der Waals surface area contributed by atoms with Crippen LogP contribution >= 0.6 is 11.3 Å². The third kappa shape index (κ3) is 8.92. The molecular weight excluding hydrogens is 815 g/mol. The van der Waals surface area contributed by atoms with Gasteiger partial charge in [-0.05, 0) is 124 Å². The zero-order valence-electron chi connectivity index (χ0n) is 36.5. The van der Waals surface area contributed by atoms with Crippen molar-refractivity contribution in [2.75, 3.05) is 6.54 Å². The minimum absolute atomic E-state index is 0.0412. The van der Waals surface area contributed by atoms with E-state index in [-0.39, 0.29) is 49.5 Å². The molecule has 0 spiro atoms. The number of carbonyl (C=O) groups excluding carboxylic acids is 4. The highest BCUT2D eigenvalue weighted by molar-refractivity contribution is 7.91. The van der Waals surface area contributed by atoms with E-state index in [0.29, 0.717) is 38.1 Å². The largest absolute Gasteiger partial charge is 0.460 e. The topological polar surface area (TPSA) is 167 Å². The third-order valence-corrected chi connectivity index (χ3v) is 16.7. The van der Waals surface area contributed by atoms with Crippen LogP contribution < -0.4 is 9.46 Å². The van der Waals surface area contributed by atoms with Crippen molar-refractivity contribution in [1.29, 1.82) is 0 Å². The van der Waals surface area contributed by atoms with E-state index < -0.39 is 55.7 Å². The maximum absolute atomic E-state index is 14.8. The summed E-state index contributed by atoms with van der Waals surface area (Å²) in [7, 11) is -3.95. The number of Topliss-reactive ketones (excluding diaryl/α,β-unsaturated/α-hetero) is 1. The molecule has 0 bridgehead atoms. The second-order valence-electron chi connectivity index (χ2n) is 19.7. The van der Waals surface area contributed by atoms with E-state index in [9.17, 15) is 27.6 Å². The number of thiazole rings is 1. The number of carbonyl (C=O) groups is 4. The molecule has 8 rings (SSSR count). The Bertz CT molecular complexity index is 2330. The molecule has 3 aliphatic carbocycles. The van der Waals surface area contributed by atoms with Gasteiger partial charge in [0.25, 0.3) is 6.01 Å². The van der Waals surface area contributed by atoms with Crippen molar-refractivity contribution in [3.8, 4) is 16.6 Å². The second kappa shape index (κ2) is 16.5. The number of imidazole rings is 1. The van der Waals surface area contributed by atoms with E-state index >= 15 is 0 Å². The molecule has 2 aromatic heterocycles. The number of nitrogens with zero attached hydrogens (tertiary/aromatic N) is 4. The van der Waals surface area contributed by atoms with Crippen molar-refractivity contribution in [1.82, 2.24) is 24.2 Å². The molecule has 13 nitrogen and oxygen atoms in total.